The first-order valence-corrected chi connectivity index (χ1v) is 18.0. The fourth-order valence-corrected chi connectivity index (χ4v) is 5.71. The van der Waals surface area contributed by atoms with E-state index in [-0.39, 0.29) is 51.2 Å². The molecule has 49 heavy (non-hydrogen) atoms. The number of nitrogens with one attached hydrogen (secondary N) is 4. The van der Waals surface area contributed by atoms with Gasteiger partial charge in [0.25, 0.3) is 23.6 Å². The predicted octanol–water partition coefficient (Wildman–Crippen LogP) is 0.611. The number of hydrazine groups is 4. The summed E-state index contributed by atoms with van der Waals surface area (Å²) in [4.78, 5) is 51.9. The van der Waals surface area contributed by atoms with Crippen molar-refractivity contribution in [2.45, 2.75) is 92.9 Å². The third-order valence-corrected chi connectivity index (χ3v) is 13.0. The summed E-state index contributed by atoms with van der Waals surface area (Å²) < 4.78 is 0. The Morgan fingerprint density at radius 3 is 0.714 bits per heavy atom. The van der Waals surface area contributed by atoms with Crippen LogP contribution in [-0.2, 0) is 19.2 Å². The van der Waals surface area contributed by atoms with Gasteiger partial charge in [0, 0.05) is 49.9 Å². The molecule has 0 aromatic carbocycles. The Hall–Kier alpha value is -1.56. The van der Waals surface area contributed by atoms with Gasteiger partial charge >= 0.3 is 29.6 Å². The molecule has 0 bridgehead atoms. The van der Waals surface area contributed by atoms with Gasteiger partial charge in [0.05, 0.1) is 0 Å². The number of hydrogen-bond acceptors (Lipinski definition) is 8. The van der Waals surface area contributed by atoms with E-state index >= 15 is 0 Å². The summed E-state index contributed by atoms with van der Waals surface area (Å²) in [6, 6.07) is 0. The van der Waals surface area contributed by atoms with Gasteiger partial charge in [-0.15, -0.1) is 0 Å². The fraction of sp³-hybridized carbons (Fsp3) is 0.750. The quantitative estimate of drug-likeness (QED) is 0.120. The minimum atomic E-state index is -0.848. The van der Waals surface area contributed by atoms with E-state index in [1.807, 2.05) is 0 Å². The van der Waals surface area contributed by atoms with E-state index < -0.39 is 35.5 Å². The Labute approximate surface area is 335 Å². The number of thiocarbonyl (C=S) groups is 4. The van der Waals surface area contributed by atoms with E-state index in [0.717, 1.165) is 51.4 Å². The van der Waals surface area contributed by atoms with Gasteiger partial charge in [-0.3, -0.25) is 60.9 Å². The van der Waals surface area contributed by atoms with Crippen LogP contribution < -0.4 is 51.3 Å². The number of carbonyl (C=O) groups is 4. The van der Waals surface area contributed by atoms with E-state index in [9.17, 15) is 19.2 Å². The van der Waals surface area contributed by atoms with Gasteiger partial charge in [-0.1, -0.05) is 76.6 Å². The summed E-state index contributed by atoms with van der Waals surface area (Å²) in [6.45, 7) is 11.4. The van der Waals surface area contributed by atoms with E-state index in [4.69, 9.17) is 48.9 Å². The second-order valence-electron chi connectivity index (χ2n) is 15.0. The zero-order chi connectivity index (χ0) is 36.6. The maximum absolute atomic E-state index is 12.3. The molecular weight excluding hydrogens is 712 g/mol. The Bertz CT molecular complexity index is 1180. The van der Waals surface area contributed by atoms with Crippen LogP contribution in [0.25, 0.3) is 0 Å². The SMILES string of the molecule is CC(C(=O)NN(C)C(=S)C1(C)CC1)C(=O)NN(C)C(=S)C1(C)CC1.CC(C(=O)NN(C)C(=S)C1(C)CC1)C(=O)NN(C)C(=S)C1(C)CC1.[Na+]. The van der Waals surface area contributed by atoms with E-state index in [1.165, 1.54) is 0 Å². The minimum absolute atomic E-state index is 0. The van der Waals surface area contributed by atoms with Crippen molar-refractivity contribution >= 4 is 92.5 Å². The monoisotopic (exact) mass is 763 g/mol. The van der Waals surface area contributed by atoms with Crippen molar-refractivity contribution in [1.29, 1.82) is 0 Å². The number of carbonyl (C=O) groups excluding carboxylic acids is 4. The van der Waals surface area contributed by atoms with E-state index in [1.54, 1.807) is 62.1 Å². The first kappa shape index (κ1) is 43.6. The topological polar surface area (TPSA) is 129 Å². The fourth-order valence-electron chi connectivity index (χ4n) is 4.71. The zero-order valence-electron chi connectivity index (χ0n) is 30.9. The van der Waals surface area contributed by atoms with Crippen molar-refractivity contribution < 1.29 is 48.7 Å². The van der Waals surface area contributed by atoms with Crippen molar-refractivity contribution in [1.82, 2.24) is 41.7 Å². The number of hydrogen-bond donors (Lipinski definition) is 4. The first-order valence-electron chi connectivity index (χ1n) is 16.3. The Morgan fingerprint density at radius 2 is 0.592 bits per heavy atom. The van der Waals surface area contributed by atoms with Crippen molar-refractivity contribution in [3.63, 3.8) is 0 Å². The van der Waals surface area contributed by atoms with Crippen molar-refractivity contribution in [3.05, 3.63) is 0 Å². The minimum Gasteiger partial charge on any atom is -0.281 e. The summed E-state index contributed by atoms with van der Waals surface area (Å²) in [7, 11) is 6.85. The molecule has 17 heteroatoms. The van der Waals surface area contributed by atoms with Crippen LogP contribution in [0.3, 0.4) is 0 Å². The normalized spacial score (nSPS) is 18.9. The predicted molar refractivity (Wildman–Crippen MR) is 202 cm³/mol. The largest absolute Gasteiger partial charge is 1.00 e. The molecule has 0 saturated heterocycles. The van der Waals surface area contributed by atoms with E-state index in [2.05, 4.69) is 49.4 Å². The molecule has 12 nitrogen and oxygen atoms in total. The Morgan fingerprint density at radius 1 is 0.449 bits per heavy atom. The molecule has 0 aromatic rings. The summed E-state index contributed by atoms with van der Waals surface area (Å²) in [6.07, 6.45) is 8.25. The average Bonchev–Trinajstić information content (AvgIpc) is 3.83. The van der Waals surface area contributed by atoms with Gasteiger partial charge < -0.3 is 0 Å². The molecule has 4 saturated carbocycles. The van der Waals surface area contributed by atoms with Crippen LogP contribution in [0.5, 0.6) is 0 Å². The number of amides is 4. The van der Waals surface area contributed by atoms with Crippen molar-refractivity contribution in [3.8, 4) is 0 Å². The van der Waals surface area contributed by atoms with Crippen molar-refractivity contribution in [2.24, 2.45) is 33.5 Å². The molecule has 0 unspecified atom stereocenters. The van der Waals surface area contributed by atoms with E-state index in [0.29, 0.717) is 20.0 Å². The van der Waals surface area contributed by atoms with Crippen LogP contribution in [0.2, 0.25) is 0 Å². The summed E-state index contributed by atoms with van der Waals surface area (Å²) >= 11 is 21.5. The maximum Gasteiger partial charge on any atom is 1.00 e. The molecule has 0 aliphatic heterocycles. The van der Waals surface area contributed by atoms with Gasteiger partial charge in [0.2, 0.25) is 0 Å². The van der Waals surface area contributed by atoms with Crippen LogP contribution in [0.15, 0.2) is 0 Å². The van der Waals surface area contributed by atoms with Crippen molar-refractivity contribution in [2.75, 3.05) is 28.2 Å². The van der Waals surface area contributed by atoms with Gasteiger partial charge in [-0.25, -0.2) is 0 Å². The second kappa shape index (κ2) is 16.4. The smallest absolute Gasteiger partial charge is 0.281 e. The van der Waals surface area contributed by atoms with Gasteiger partial charge in [-0.2, -0.15) is 0 Å². The summed E-state index contributed by atoms with van der Waals surface area (Å²) in [5, 5.41) is 6.20. The van der Waals surface area contributed by atoms with Gasteiger partial charge in [0.1, 0.15) is 31.8 Å². The molecule has 4 N–H and O–H groups in total. The van der Waals surface area contributed by atoms with Crippen LogP contribution in [0, 0.1) is 33.5 Å². The maximum atomic E-state index is 12.3. The number of rotatable bonds is 8. The summed E-state index contributed by atoms with van der Waals surface area (Å²) in [5.74, 6) is -3.26. The molecule has 0 heterocycles. The molecule has 4 amide bonds. The van der Waals surface area contributed by atoms with Crippen LogP contribution in [0.4, 0.5) is 0 Å². The zero-order valence-corrected chi connectivity index (χ0v) is 36.1. The molecule has 0 radical (unpaired) electrons. The molecule has 0 spiro atoms. The second-order valence-corrected chi connectivity index (χ2v) is 16.6. The van der Waals surface area contributed by atoms with Crippen LogP contribution in [-0.4, -0.2) is 91.8 Å². The molecule has 4 aliphatic rings. The molecule has 0 aromatic heterocycles. The van der Waals surface area contributed by atoms with Crippen LogP contribution in [0.1, 0.15) is 92.9 Å². The standard InChI is InChI=1S/2C16H26N4O2S2.Na/c2*1-10(11(21)17-19(4)13(23)15(2)6-7-15)12(22)18-20(5)14(24)16(3)8-9-16;/h2*10H,6-9H2,1-5H3,(H,17,21)(H,18,22);/q;;+1. The molecular formula is C32H52N8NaO4S4+. The molecule has 4 rings (SSSR count). The third kappa shape index (κ3) is 11.2. The first-order chi connectivity index (χ1) is 22.0. The van der Waals surface area contributed by atoms with Crippen LogP contribution >= 0.6 is 48.9 Å². The Kier molecular flexibility index (Phi) is 14.6. The molecule has 268 valence electrons. The number of nitrogens with zero attached hydrogens (tertiary/aromatic N) is 4. The van der Waals surface area contributed by atoms with Gasteiger partial charge in [0.15, 0.2) is 0 Å². The molecule has 4 aliphatic carbocycles. The average molecular weight is 764 g/mol. The molecule has 0 atom stereocenters. The Balaban J connectivity index is 0.000000333. The third-order valence-electron chi connectivity index (χ3n) is 9.97. The molecule has 4 fully saturated rings. The summed E-state index contributed by atoms with van der Waals surface area (Å²) in [5.41, 5.74) is 10.8. The van der Waals surface area contributed by atoms with Gasteiger partial charge in [-0.05, 0) is 65.2 Å².